The van der Waals surface area contributed by atoms with Crippen LogP contribution in [0.5, 0.6) is 0 Å². The van der Waals surface area contributed by atoms with Crippen molar-refractivity contribution in [3.63, 3.8) is 0 Å². The van der Waals surface area contributed by atoms with Gasteiger partial charge in [0.05, 0.1) is 0 Å². The number of nitrogens with zero attached hydrogens (tertiary/aromatic N) is 2. The summed E-state index contributed by atoms with van der Waals surface area (Å²) in [4.78, 5) is 22.5. The van der Waals surface area contributed by atoms with Crippen LogP contribution in [-0.4, -0.2) is 77.0 Å². The topological polar surface area (TPSA) is 81.1 Å². The van der Waals surface area contributed by atoms with Gasteiger partial charge >= 0.3 is 24.3 Å². The van der Waals surface area contributed by atoms with Crippen molar-refractivity contribution in [2.75, 3.05) is 32.7 Å². The van der Waals surface area contributed by atoms with Gasteiger partial charge in [0.25, 0.3) is 0 Å². The Labute approximate surface area is 181 Å². The van der Waals surface area contributed by atoms with Crippen LogP contribution in [0.25, 0.3) is 0 Å². The third kappa shape index (κ3) is 12.5. The Hall–Kier alpha value is -1.93. The third-order valence-electron chi connectivity index (χ3n) is 3.80. The quantitative estimate of drug-likeness (QED) is 0.577. The molecule has 6 nitrogen and oxygen atoms in total. The van der Waals surface area contributed by atoms with Crippen LogP contribution in [0.3, 0.4) is 0 Å². The molecule has 0 saturated carbocycles. The largest absolute Gasteiger partial charge is 0.490 e. The van der Waals surface area contributed by atoms with Crippen molar-refractivity contribution in [2.45, 2.75) is 25.8 Å². The van der Waals surface area contributed by atoms with E-state index in [4.69, 9.17) is 19.8 Å². The number of aliphatic carboxylic acids is 2. The molecule has 0 unspecified atom stereocenters. The predicted molar refractivity (Wildman–Crippen MR) is 98.9 cm³/mol. The van der Waals surface area contributed by atoms with Crippen molar-refractivity contribution in [3.8, 4) is 0 Å². The van der Waals surface area contributed by atoms with E-state index in [0.29, 0.717) is 6.54 Å². The first-order valence-electron chi connectivity index (χ1n) is 8.56. The first kappa shape index (κ1) is 29.1. The fourth-order valence-corrected chi connectivity index (χ4v) is 2.58. The van der Waals surface area contributed by atoms with Gasteiger partial charge in [-0.15, -0.1) is 0 Å². The van der Waals surface area contributed by atoms with Crippen molar-refractivity contribution in [1.82, 2.24) is 9.80 Å². The van der Waals surface area contributed by atoms with Crippen molar-refractivity contribution in [1.29, 1.82) is 0 Å². The molecule has 0 spiro atoms. The Bertz CT molecular complexity index is 697. The Morgan fingerprint density at radius 3 is 1.68 bits per heavy atom. The molecule has 1 saturated heterocycles. The van der Waals surface area contributed by atoms with Gasteiger partial charge in [-0.2, -0.15) is 26.3 Å². The van der Waals surface area contributed by atoms with Gasteiger partial charge in [0.2, 0.25) is 0 Å². The van der Waals surface area contributed by atoms with Gasteiger partial charge in [0.15, 0.2) is 0 Å². The second-order valence-electron chi connectivity index (χ2n) is 6.05. The maximum absolute atomic E-state index is 13.6. The van der Waals surface area contributed by atoms with Gasteiger partial charge in [0, 0.05) is 42.8 Å². The molecular formula is C17H20BrF7N2O4. The normalized spacial score (nSPS) is 15.3. The summed E-state index contributed by atoms with van der Waals surface area (Å²) in [5.74, 6) is -5.62. The number of carbonyl (C=O) groups is 2. The molecule has 1 aromatic rings. The van der Waals surface area contributed by atoms with E-state index < -0.39 is 24.3 Å². The minimum atomic E-state index is -5.08. The maximum atomic E-state index is 13.6. The van der Waals surface area contributed by atoms with E-state index in [9.17, 15) is 30.7 Å². The van der Waals surface area contributed by atoms with Gasteiger partial charge in [-0.25, -0.2) is 14.0 Å². The molecule has 0 bridgehead atoms. The lowest BCUT2D eigenvalue weighted by Gasteiger charge is -2.34. The number of benzene rings is 1. The molecule has 31 heavy (non-hydrogen) atoms. The molecule has 1 aliphatic heterocycles. The molecule has 0 aliphatic carbocycles. The number of alkyl halides is 6. The maximum Gasteiger partial charge on any atom is 0.490 e. The molecule has 1 fully saturated rings. The highest BCUT2D eigenvalue weighted by molar-refractivity contribution is 9.10. The number of hydrogen-bond acceptors (Lipinski definition) is 4. The second-order valence-corrected chi connectivity index (χ2v) is 6.97. The zero-order valence-corrected chi connectivity index (χ0v) is 17.7. The monoisotopic (exact) mass is 528 g/mol. The molecule has 1 aromatic carbocycles. The number of piperazine rings is 1. The van der Waals surface area contributed by atoms with Gasteiger partial charge in [-0.3, -0.25) is 4.90 Å². The SMILES string of the molecule is CCN1CCN(Cc2cc(Br)ccc2F)CC1.O=C(O)C(F)(F)F.O=C(O)C(F)(F)F. The van der Waals surface area contributed by atoms with E-state index in [1.807, 2.05) is 6.07 Å². The molecule has 2 N–H and O–H groups in total. The van der Waals surface area contributed by atoms with Crippen LogP contribution in [0.4, 0.5) is 30.7 Å². The first-order valence-corrected chi connectivity index (χ1v) is 9.36. The average molecular weight is 529 g/mol. The zero-order chi connectivity index (χ0) is 24.4. The lowest BCUT2D eigenvalue weighted by Crippen LogP contribution is -2.45. The summed E-state index contributed by atoms with van der Waals surface area (Å²) < 4.78 is 78.0. The fraction of sp³-hybridized carbons (Fsp3) is 0.529. The number of carboxylic acids is 2. The van der Waals surface area contributed by atoms with Crippen LogP contribution < -0.4 is 0 Å². The van der Waals surface area contributed by atoms with E-state index in [1.54, 1.807) is 6.07 Å². The molecule has 0 amide bonds. The van der Waals surface area contributed by atoms with E-state index >= 15 is 0 Å². The molecule has 178 valence electrons. The summed E-state index contributed by atoms with van der Waals surface area (Å²) in [6.45, 7) is 8.24. The van der Waals surface area contributed by atoms with Crippen LogP contribution in [0.1, 0.15) is 12.5 Å². The van der Waals surface area contributed by atoms with Gasteiger partial charge in [0.1, 0.15) is 5.82 Å². The van der Waals surface area contributed by atoms with Crippen LogP contribution in [0, 0.1) is 5.82 Å². The molecule has 1 heterocycles. The van der Waals surface area contributed by atoms with Crippen LogP contribution in [0.15, 0.2) is 22.7 Å². The lowest BCUT2D eigenvalue weighted by atomic mass is 10.2. The Morgan fingerprint density at radius 1 is 0.935 bits per heavy atom. The van der Waals surface area contributed by atoms with Crippen LogP contribution in [-0.2, 0) is 16.1 Å². The fourth-order valence-electron chi connectivity index (χ4n) is 2.17. The van der Waals surface area contributed by atoms with E-state index in [-0.39, 0.29) is 5.82 Å². The van der Waals surface area contributed by atoms with Crippen molar-refractivity contribution in [2.24, 2.45) is 0 Å². The predicted octanol–water partition coefficient (Wildman–Crippen LogP) is 3.99. The summed E-state index contributed by atoms with van der Waals surface area (Å²) in [5, 5.41) is 14.2. The smallest absolute Gasteiger partial charge is 0.475 e. The first-order chi connectivity index (χ1) is 14.1. The third-order valence-corrected chi connectivity index (χ3v) is 4.29. The van der Waals surface area contributed by atoms with Crippen molar-refractivity contribution >= 4 is 27.9 Å². The summed E-state index contributed by atoms with van der Waals surface area (Å²) in [7, 11) is 0. The summed E-state index contributed by atoms with van der Waals surface area (Å²) >= 11 is 3.39. The standard InChI is InChI=1S/C13H18BrFN2.2C2HF3O2/c1-2-16-5-7-17(8-6-16)10-11-9-12(14)3-4-13(11)15;2*3-2(4,5)1(6)7/h3-4,9H,2,5-8,10H2,1H3;2*(H,6,7). The molecule has 1 aliphatic rings. The Kier molecular flexibility index (Phi) is 12.0. The van der Waals surface area contributed by atoms with Gasteiger partial charge in [-0.05, 0) is 24.7 Å². The molecule has 2 rings (SSSR count). The summed E-state index contributed by atoms with van der Waals surface area (Å²) in [5.41, 5.74) is 0.782. The van der Waals surface area contributed by atoms with Crippen molar-refractivity contribution in [3.05, 3.63) is 34.1 Å². The molecule has 0 radical (unpaired) electrons. The molecule has 0 aromatic heterocycles. The average Bonchev–Trinajstić information content (AvgIpc) is 2.65. The minimum Gasteiger partial charge on any atom is -0.475 e. The summed E-state index contributed by atoms with van der Waals surface area (Å²) in [6.07, 6.45) is -10.2. The number of carboxylic acid groups (broad SMARTS) is 2. The molecular weight excluding hydrogens is 509 g/mol. The highest BCUT2D eigenvalue weighted by Gasteiger charge is 2.38. The summed E-state index contributed by atoms with van der Waals surface area (Å²) in [6, 6.07) is 5.15. The van der Waals surface area contributed by atoms with Crippen molar-refractivity contribution < 1.29 is 50.5 Å². The number of likely N-dealkylation sites (N-methyl/N-ethyl adjacent to an activating group) is 1. The van der Waals surface area contributed by atoms with E-state index in [0.717, 1.165) is 42.8 Å². The van der Waals surface area contributed by atoms with Gasteiger partial charge in [-0.1, -0.05) is 22.9 Å². The number of hydrogen-bond donors (Lipinski definition) is 2. The van der Waals surface area contributed by atoms with E-state index in [1.165, 1.54) is 6.07 Å². The Balaban J connectivity index is 0.000000536. The van der Waals surface area contributed by atoms with E-state index in [2.05, 4.69) is 32.7 Å². The highest BCUT2D eigenvalue weighted by atomic mass is 79.9. The lowest BCUT2D eigenvalue weighted by molar-refractivity contribution is -0.193. The number of halogens is 8. The number of rotatable bonds is 3. The van der Waals surface area contributed by atoms with Crippen LogP contribution >= 0.6 is 15.9 Å². The van der Waals surface area contributed by atoms with Crippen LogP contribution in [0.2, 0.25) is 0 Å². The highest BCUT2D eigenvalue weighted by Crippen LogP contribution is 2.18. The zero-order valence-electron chi connectivity index (χ0n) is 16.1. The molecule has 14 heteroatoms. The molecule has 0 atom stereocenters. The van der Waals surface area contributed by atoms with Gasteiger partial charge < -0.3 is 15.1 Å². The minimum absolute atomic E-state index is 0.105. The second kappa shape index (κ2) is 12.8. The Morgan fingerprint density at radius 2 is 1.32 bits per heavy atom.